The van der Waals surface area contributed by atoms with E-state index in [2.05, 4.69) is 11.4 Å². The van der Waals surface area contributed by atoms with Crippen LogP contribution in [0.5, 0.6) is 0 Å². The summed E-state index contributed by atoms with van der Waals surface area (Å²) in [4.78, 5) is 14.5. The number of alkyl halides is 1. The molecule has 2 unspecified atom stereocenters. The zero-order valence-electron chi connectivity index (χ0n) is 11.5. The predicted octanol–water partition coefficient (Wildman–Crippen LogP) is 4.06. The molecule has 2 aliphatic rings. The van der Waals surface area contributed by atoms with E-state index in [1.54, 1.807) is 11.3 Å². The van der Waals surface area contributed by atoms with Crippen LogP contribution in [0.15, 0.2) is 6.07 Å². The quantitative estimate of drug-likeness (QED) is 0.847. The Balaban J connectivity index is 1.55. The van der Waals surface area contributed by atoms with Crippen LogP contribution in [0.2, 0.25) is 0 Å². The number of carbonyl (C=O) groups is 1. The minimum Gasteiger partial charge on any atom is -0.351 e. The largest absolute Gasteiger partial charge is 0.351 e. The Morgan fingerprint density at radius 2 is 2.35 bits per heavy atom. The maximum atomic E-state index is 12.2. The molecular weight excluding hydrogens is 310 g/mol. The predicted molar refractivity (Wildman–Crippen MR) is 88.1 cm³/mol. The van der Waals surface area contributed by atoms with Gasteiger partial charge in [-0.25, -0.2) is 0 Å². The summed E-state index contributed by atoms with van der Waals surface area (Å²) >= 11 is 9.84. The number of aryl methyl sites for hydroxylation is 1. The summed E-state index contributed by atoms with van der Waals surface area (Å²) < 4.78 is 0. The van der Waals surface area contributed by atoms with Crippen molar-refractivity contribution in [1.29, 1.82) is 0 Å². The highest BCUT2D eigenvalue weighted by molar-refractivity contribution is 7.98. The highest BCUT2D eigenvalue weighted by Crippen LogP contribution is 2.32. The van der Waals surface area contributed by atoms with E-state index in [0.717, 1.165) is 36.4 Å². The zero-order chi connectivity index (χ0) is 13.9. The van der Waals surface area contributed by atoms with Gasteiger partial charge in [-0.15, -0.1) is 22.9 Å². The molecular formula is C15H20ClNOS2. The van der Waals surface area contributed by atoms with Gasteiger partial charge in [-0.2, -0.15) is 11.8 Å². The average molecular weight is 330 g/mol. The Kier molecular flexibility index (Phi) is 4.95. The zero-order valence-corrected chi connectivity index (χ0v) is 13.9. The maximum Gasteiger partial charge on any atom is 0.261 e. The second-order valence-electron chi connectivity index (χ2n) is 5.70. The SMILES string of the molecule is O=C(NCC1CCCC(Cl)C1)c1cc2c(s1)CCSC2. The van der Waals surface area contributed by atoms with Crippen molar-refractivity contribution in [3.05, 3.63) is 21.4 Å². The molecule has 0 aromatic carbocycles. The molecule has 20 heavy (non-hydrogen) atoms. The van der Waals surface area contributed by atoms with Crippen LogP contribution in [0.1, 0.15) is 45.8 Å². The van der Waals surface area contributed by atoms with Crippen molar-refractivity contribution < 1.29 is 4.79 Å². The van der Waals surface area contributed by atoms with Crippen LogP contribution in [0.25, 0.3) is 0 Å². The number of hydrogen-bond donors (Lipinski definition) is 1. The van der Waals surface area contributed by atoms with Gasteiger partial charge in [-0.1, -0.05) is 6.42 Å². The van der Waals surface area contributed by atoms with E-state index in [0.29, 0.717) is 11.3 Å². The van der Waals surface area contributed by atoms with E-state index in [-0.39, 0.29) is 5.91 Å². The molecule has 5 heteroatoms. The number of rotatable bonds is 3. The number of thioether (sulfide) groups is 1. The van der Waals surface area contributed by atoms with Gasteiger partial charge >= 0.3 is 0 Å². The molecule has 1 fully saturated rings. The van der Waals surface area contributed by atoms with Crippen LogP contribution < -0.4 is 5.32 Å². The monoisotopic (exact) mass is 329 g/mol. The third kappa shape index (κ3) is 3.52. The van der Waals surface area contributed by atoms with Gasteiger partial charge in [0.1, 0.15) is 0 Å². The molecule has 1 aliphatic carbocycles. The fraction of sp³-hybridized carbons (Fsp3) is 0.667. The number of nitrogens with one attached hydrogen (secondary N) is 1. The molecule has 1 aromatic heterocycles. The van der Waals surface area contributed by atoms with Crippen LogP contribution >= 0.6 is 34.7 Å². The average Bonchev–Trinajstić information content (AvgIpc) is 2.89. The van der Waals surface area contributed by atoms with Gasteiger partial charge in [0.2, 0.25) is 0 Å². The van der Waals surface area contributed by atoms with Gasteiger partial charge in [0.15, 0.2) is 0 Å². The molecule has 1 aromatic rings. The Bertz CT molecular complexity index is 465. The summed E-state index contributed by atoms with van der Waals surface area (Å²) in [5, 5.41) is 3.41. The maximum absolute atomic E-state index is 12.2. The lowest BCUT2D eigenvalue weighted by atomic mass is 9.89. The summed E-state index contributed by atoms with van der Waals surface area (Å²) in [6, 6.07) is 2.09. The molecule has 110 valence electrons. The van der Waals surface area contributed by atoms with Crippen molar-refractivity contribution >= 4 is 40.6 Å². The van der Waals surface area contributed by atoms with Crippen molar-refractivity contribution in [3.63, 3.8) is 0 Å². The van der Waals surface area contributed by atoms with Gasteiger partial charge in [-0.3, -0.25) is 4.79 Å². The first-order chi connectivity index (χ1) is 9.72. The Morgan fingerprint density at radius 3 is 3.15 bits per heavy atom. The number of halogens is 1. The molecule has 1 saturated carbocycles. The molecule has 0 bridgehead atoms. The van der Waals surface area contributed by atoms with Gasteiger partial charge in [0, 0.05) is 22.6 Å². The van der Waals surface area contributed by atoms with Gasteiger partial charge < -0.3 is 5.32 Å². The van der Waals surface area contributed by atoms with Crippen LogP contribution in [0, 0.1) is 5.92 Å². The van der Waals surface area contributed by atoms with Crippen LogP contribution in [-0.4, -0.2) is 23.6 Å². The van der Waals surface area contributed by atoms with Crippen LogP contribution in [0.4, 0.5) is 0 Å². The second kappa shape index (κ2) is 6.71. The molecule has 1 amide bonds. The molecule has 0 radical (unpaired) electrons. The van der Waals surface area contributed by atoms with Crippen molar-refractivity contribution in [2.75, 3.05) is 12.3 Å². The first kappa shape index (κ1) is 14.7. The molecule has 2 atom stereocenters. The molecule has 2 nitrogen and oxygen atoms in total. The lowest BCUT2D eigenvalue weighted by molar-refractivity contribution is 0.0947. The molecule has 2 heterocycles. The summed E-state index contributed by atoms with van der Waals surface area (Å²) in [5.74, 6) is 2.91. The molecule has 0 spiro atoms. The molecule has 0 saturated heterocycles. The number of amides is 1. The van der Waals surface area contributed by atoms with E-state index >= 15 is 0 Å². The third-order valence-electron chi connectivity index (χ3n) is 4.12. The summed E-state index contributed by atoms with van der Waals surface area (Å²) in [5.41, 5.74) is 1.37. The van der Waals surface area contributed by atoms with Crippen LogP contribution in [0.3, 0.4) is 0 Å². The normalized spacial score (nSPS) is 26.1. The molecule has 1 N–H and O–H groups in total. The Labute approximate surface area is 133 Å². The first-order valence-electron chi connectivity index (χ1n) is 7.34. The number of thiophene rings is 1. The van der Waals surface area contributed by atoms with Crippen molar-refractivity contribution in [2.24, 2.45) is 5.92 Å². The van der Waals surface area contributed by atoms with Crippen molar-refractivity contribution in [2.45, 2.75) is 43.2 Å². The topological polar surface area (TPSA) is 29.1 Å². The lowest BCUT2D eigenvalue weighted by Crippen LogP contribution is -2.31. The highest BCUT2D eigenvalue weighted by atomic mass is 35.5. The highest BCUT2D eigenvalue weighted by Gasteiger charge is 2.22. The van der Waals surface area contributed by atoms with Gasteiger partial charge in [0.25, 0.3) is 5.91 Å². The lowest BCUT2D eigenvalue weighted by Gasteiger charge is -2.25. The molecule has 1 aliphatic heterocycles. The minimum absolute atomic E-state index is 0.103. The van der Waals surface area contributed by atoms with Crippen LogP contribution in [-0.2, 0) is 12.2 Å². The fourth-order valence-electron chi connectivity index (χ4n) is 2.99. The smallest absolute Gasteiger partial charge is 0.261 e. The van der Waals surface area contributed by atoms with E-state index in [9.17, 15) is 4.79 Å². The van der Waals surface area contributed by atoms with E-state index < -0.39 is 0 Å². The van der Waals surface area contributed by atoms with Gasteiger partial charge in [-0.05, 0) is 49.0 Å². The molecule has 3 rings (SSSR count). The van der Waals surface area contributed by atoms with Crippen molar-refractivity contribution in [1.82, 2.24) is 5.32 Å². The summed E-state index contributed by atoms with van der Waals surface area (Å²) in [7, 11) is 0. The van der Waals surface area contributed by atoms with E-state index in [4.69, 9.17) is 11.6 Å². The third-order valence-corrected chi connectivity index (χ3v) is 6.76. The summed E-state index contributed by atoms with van der Waals surface area (Å²) in [6.45, 7) is 0.777. The Morgan fingerprint density at radius 1 is 1.45 bits per heavy atom. The first-order valence-corrected chi connectivity index (χ1v) is 9.74. The fourth-order valence-corrected chi connectivity index (χ4v) is 5.69. The minimum atomic E-state index is 0.103. The van der Waals surface area contributed by atoms with E-state index in [1.165, 1.54) is 29.0 Å². The Hall–Kier alpha value is -0.190. The number of hydrogen-bond acceptors (Lipinski definition) is 3. The standard InChI is InChI=1S/C15H20ClNOS2/c16-12-3-1-2-10(6-12)8-17-15(18)14-7-11-9-19-5-4-13(11)20-14/h7,10,12H,1-6,8-9H2,(H,17,18). The van der Waals surface area contributed by atoms with Crippen molar-refractivity contribution in [3.8, 4) is 0 Å². The second-order valence-corrected chi connectivity index (χ2v) is 8.56. The van der Waals surface area contributed by atoms with Gasteiger partial charge in [0.05, 0.1) is 4.88 Å². The van der Waals surface area contributed by atoms with E-state index in [1.807, 2.05) is 11.8 Å². The number of carbonyl (C=O) groups excluding carboxylic acids is 1. The number of fused-ring (bicyclic) bond motifs is 1. The summed E-state index contributed by atoms with van der Waals surface area (Å²) in [6.07, 6.45) is 5.68.